The molecule has 1 aliphatic heterocycles. The quantitative estimate of drug-likeness (QED) is 0.507. The van der Waals surface area contributed by atoms with Gasteiger partial charge in [-0.3, -0.25) is 4.72 Å². The number of anilines is 2. The molecule has 5 nitrogen and oxygen atoms in total. The highest BCUT2D eigenvalue weighted by Gasteiger charge is 2.39. The molecule has 164 valence electrons. The molecule has 32 heavy (non-hydrogen) atoms. The summed E-state index contributed by atoms with van der Waals surface area (Å²) in [6, 6.07) is 18.5. The van der Waals surface area contributed by atoms with E-state index in [-0.39, 0.29) is 28.6 Å². The molecule has 2 aliphatic rings. The number of ether oxygens (including phenoxy) is 1. The predicted molar refractivity (Wildman–Crippen MR) is 123 cm³/mol. The lowest BCUT2D eigenvalue weighted by atomic mass is 9.77. The third-order valence-corrected chi connectivity index (χ3v) is 7.59. The van der Waals surface area contributed by atoms with Crippen molar-refractivity contribution in [1.82, 2.24) is 0 Å². The Morgan fingerprint density at radius 3 is 2.69 bits per heavy atom. The van der Waals surface area contributed by atoms with E-state index in [2.05, 4.69) is 22.2 Å². The maximum Gasteiger partial charge on any atom is 0.261 e. The van der Waals surface area contributed by atoms with Crippen LogP contribution in [0.5, 0.6) is 5.75 Å². The number of nitrogens with one attached hydrogen (secondary N) is 2. The zero-order chi connectivity index (χ0) is 22.3. The van der Waals surface area contributed by atoms with E-state index in [1.165, 1.54) is 13.2 Å². The van der Waals surface area contributed by atoms with Gasteiger partial charge < -0.3 is 10.1 Å². The molecule has 0 amide bonds. The average Bonchev–Trinajstić information content (AvgIpc) is 3.29. The van der Waals surface area contributed by atoms with Crippen LogP contribution in [0.25, 0.3) is 0 Å². The Morgan fingerprint density at radius 2 is 1.88 bits per heavy atom. The number of sulfonamides is 1. The normalized spacial score (nSPS) is 21.4. The Labute approximate surface area is 187 Å². The van der Waals surface area contributed by atoms with E-state index in [1.54, 1.807) is 48.5 Å². The number of halogens is 1. The maximum absolute atomic E-state index is 14.5. The van der Waals surface area contributed by atoms with Crippen LogP contribution in [0.4, 0.5) is 15.8 Å². The van der Waals surface area contributed by atoms with Crippen molar-refractivity contribution in [2.45, 2.75) is 23.3 Å². The third kappa shape index (κ3) is 3.62. The molecule has 0 spiro atoms. The van der Waals surface area contributed by atoms with Crippen molar-refractivity contribution in [3.8, 4) is 5.75 Å². The van der Waals surface area contributed by atoms with Crippen molar-refractivity contribution < 1.29 is 17.5 Å². The monoisotopic (exact) mass is 450 g/mol. The second-order valence-corrected chi connectivity index (χ2v) is 9.77. The number of hydrogen-bond donors (Lipinski definition) is 2. The molecule has 0 fully saturated rings. The highest BCUT2D eigenvalue weighted by molar-refractivity contribution is 7.92. The van der Waals surface area contributed by atoms with Crippen LogP contribution >= 0.6 is 0 Å². The number of rotatable bonds is 5. The van der Waals surface area contributed by atoms with Gasteiger partial charge in [0.1, 0.15) is 11.6 Å². The molecule has 5 rings (SSSR count). The van der Waals surface area contributed by atoms with Crippen molar-refractivity contribution in [3.63, 3.8) is 0 Å². The highest BCUT2D eigenvalue weighted by atomic mass is 32.2. The smallest absolute Gasteiger partial charge is 0.261 e. The van der Waals surface area contributed by atoms with Crippen LogP contribution in [-0.4, -0.2) is 15.5 Å². The zero-order valence-corrected chi connectivity index (χ0v) is 18.3. The van der Waals surface area contributed by atoms with Crippen molar-refractivity contribution >= 4 is 21.4 Å². The van der Waals surface area contributed by atoms with Gasteiger partial charge in [-0.25, -0.2) is 12.8 Å². The predicted octanol–water partition coefficient (Wildman–Crippen LogP) is 5.46. The first kappa shape index (κ1) is 20.6. The summed E-state index contributed by atoms with van der Waals surface area (Å²) in [6.45, 7) is 0. The van der Waals surface area contributed by atoms with Gasteiger partial charge >= 0.3 is 0 Å². The van der Waals surface area contributed by atoms with Crippen LogP contribution in [-0.2, 0) is 10.0 Å². The summed E-state index contributed by atoms with van der Waals surface area (Å²) in [7, 11) is -2.26. The molecule has 0 radical (unpaired) electrons. The fourth-order valence-electron chi connectivity index (χ4n) is 4.68. The van der Waals surface area contributed by atoms with E-state index in [9.17, 15) is 12.8 Å². The van der Waals surface area contributed by atoms with Crippen LogP contribution in [0.15, 0.2) is 83.8 Å². The van der Waals surface area contributed by atoms with Gasteiger partial charge in [0.25, 0.3) is 10.0 Å². The first-order valence-electron chi connectivity index (χ1n) is 10.4. The lowest BCUT2D eigenvalue weighted by Crippen LogP contribution is -2.30. The Morgan fingerprint density at radius 1 is 1.03 bits per heavy atom. The molecule has 0 unspecified atom stereocenters. The summed E-state index contributed by atoms with van der Waals surface area (Å²) in [5, 5.41) is 3.46. The largest absolute Gasteiger partial charge is 0.497 e. The number of benzene rings is 3. The number of methoxy groups -OCH3 is 1. The molecule has 0 saturated heterocycles. The summed E-state index contributed by atoms with van der Waals surface area (Å²) in [6.07, 6.45) is 4.99. The summed E-state index contributed by atoms with van der Waals surface area (Å²) >= 11 is 0. The van der Waals surface area contributed by atoms with Gasteiger partial charge in [-0.15, -0.1) is 0 Å². The Balaban J connectivity index is 1.49. The van der Waals surface area contributed by atoms with Crippen LogP contribution < -0.4 is 14.8 Å². The van der Waals surface area contributed by atoms with Crippen LogP contribution in [0.3, 0.4) is 0 Å². The van der Waals surface area contributed by atoms with Gasteiger partial charge in [0.2, 0.25) is 0 Å². The molecule has 0 aromatic heterocycles. The molecule has 3 atom stereocenters. The van der Waals surface area contributed by atoms with Gasteiger partial charge in [0, 0.05) is 23.2 Å². The Bertz CT molecular complexity index is 1310. The summed E-state index contributed by atoms with van der Waals surface area (Å²) < 4.78 is 48.5. The van der Waals surface area contributed by atoms with Crippen molar-refractivity contribution in [1.29, 1.82) is 0 Å². The molecular formula is C25H23FN2O3S. The maximum atomic E-state index is 14.5. The molecule has 7 heteroatoms. The van der Waals surface area contributed by atoms with Crippen LogP contribution in [0.1, 0.15) is 29.5 Å². The van der Waals surface area contributed by atoms with Crippen LogP contribution in [0.2, 0.25) is 0 Å². The Kier molecular flexibility index (Phi) is 5.13. The molecule has 0 bridgehead atoms. The number of hydrogen-bond acceptors (Lipinski definition) is 4. The van der Waals surface area contributed by atoms with Crippen molar-refractivity contribution in [2.24, 2.45) is 5.92 Å². The van der Waals surface area contributed by atoms with E-state index >= 15 is 0 Å². The minimum absolute atomic E-state index is 0.0165. The molecule has 3 aromatic carbocycles. The number of fused-ring (bicyclic) bond motifs is 3. The summed E-state index contributed by atoms with van der Waals surface area (Å²) in [5.74, 6) is 0.463. The Hall–Kier alpha value is -3.32. The van der Waals surface area contributed by atoms with Crippen molar-refractivity contribution in [3.05, 3.63) is 95.8 Å². The first-order valence-corrected chi connectivity index (χ1v) is 11.9. The highest BCUT2D eigenvalue weighted by Crippen LogP contribution is 2.50. The average molecular weight is 451 g/mol. The van der Waals surface area contributed by atoms with E-state index < -0.39 is 10.0 Å². The SMILES string of the molecule is COc1cccc(NS(=O)(=O)c2ccc3c(c2)[C@H]2C=CC[C@H]2[C@@H](c2ccccc2F)N3)c1. The van der Waals surface area contributed by atoms with E-state index in [1.807, 2.05) is 12.1 Å². The van der Waals surface area contributed by atoms with E-state index in [0.717, 1.165) is 17.7 Å². The van der Waals surface area contributed by atoms with Gasteiger partial charge in [-0.2, -0.15) is 0 Å². The molecule has 0 saturated carbocycles. The van der Waals surface area contributed by atoms with Crippen molar-refractivity contribution in [2.75, 3.05) is 17.1 Å². The lowest BCUT2D eigenvalue weighted by molar-refractivity contribution is 0.413. The minimum atomic E-state index is -3.79. The second kappa shape index (κ2) is 7.98. The van der Waals surface area contributed by atoms with E-state index in [0.29, 0.717) is 17.0 Å². The second-order valence-electron chi connectivity index (χ2n) is 8.08. The minimum Gasteiger partial charge on any atom is -0.497 e. The number of allylic oxidation sites excluding steroid dienone is 2. The molecule has 1 aliphatic carbocycles. The van der Waals surface area contributed by atoms with Crippen LogP contribution in [0, 0.1) is 11.7 Å². The standard InChI is InChI=1S/C25H23FN2O3S/c1-31-17-7-4-6-16(14-17)28-32(29,30)18-12-13-24-22(15-18)19-9-5-10-20(19)25(27-24)21-8-2-3-11-23(21)26/h2-9,11-15,19-20,25,27-28H,10H2,1H3/t19-,20+,25-/m0/s1. The zero-order valence-electron chi connectivity index (χ0n) is 17.5. The summed E-state index contributed by atoms with van der Waals surface area (Å²) in [4.78, 5) is 0.185. The lowest BCUT2D eigenvalue weighted by Gasteiger charge is -2.37. The van der Waals surface area contributed by atoms with E-state index in [4.69, 9.17) is 4.74 Å². The summed E-state index contributed by atoms with van der Waals surface area (Å²) in [5.41, 5.74) is 2.79. The third-order valence-electron chi connectivity index (χ3n) is 6.21. The van der Waals surface area contributed by atoms with Gasteiger partial charge in [0.15, 0.2) is 0 Å². The molecule has 1 heterocycles. The van der Waals surface area contributed by atoms with Gasteiger partial charge in [0.05, 0.1) is 23.7 Å². The molecule has 2 N–H and O–H groups in total. The molecular weight excluding hydrogens is 427 g/mol. The fourth-order valence-corrected chi connectivity index (χ4v) is 5.76. The van der Waals surface area contributed by atoms with Gasteiger partial charge in [-0.1, -0.05) is 36.4 Å². The first-order chi connectivity index (χ1) is 15.5. The van der Waals surface area contributed by atoms with Gasteiger partial charge in [-0.05, 0) is 54.3 Å². The fraction of sp³-hybridized carbons (Fsp3) is 0.200. The topological polar surface area (TPSA) is 67.4 Å². The molecule has 3 aromatic rings.